The summed E-state index contributed by atoms with van der Waals surface area (Å²) in [6, 6.07) is 0. The molecule has 0 aliphatic carbocycles. The van der Waals surface area contributed by atoms with Crippen LogP contribution in [0.3, 0.4) is 0 Å². The van der Waals surface area contributed by atoms with Gasteiger partial charge in [-0.3, -0.25) is 4.79 Å². The quantitative estimate of drug-likeness (QED) is 0.620. The van der Waals surface area contributed by atoms with Gasteiger partial charge in [-0.15, -0.1) is 0 Å². The molecule has 0 spiro atoms. The van der Waals surface area contributed by atoms with Crippen molar-refractivity contribution in [3.05, 3.63) is 12.2 Å². The molecule has 1 aliphatic rings. The standard InChI is InChI=1S/C12H21NO/c1-10(2)4-5-12-6-8-13(9-7-12)11(3)14/h4-5,10,12H,6-9H2,1-3H3/b5-4-. The van der Waals surface area contributed by atoms with Gasteiger partial charge in [0, 0.05) is 20.0 Å². The molecule has 0 bridgehead atoms. The Hall–Kier alpha value is -0.790. The van der Waals surface area contributed by atoms with Crippen molar-refractivity contribution in [3.63, 3.8) is 0 Å². The van der Waals surface area contributed by atoms with Gasteiger partial charge < -0.3 is 4.90 Å². The summed E-state index contributed by atoms with van der Waals surface area (Å²) < 4.78 is 0. The highest BCUT2D eigenvalue weighted by Crippen LogP contribution is 2.18. The average molecular weight is 195 g/mol. The van der Waals surface area contributed by atoms with Crippen molar-refractivity contribution >= 4 is 5.91 Å². The summed E-state index contributed by atoms with van der Waals surface area (Å²) in [6.07, 6.45) is 6.85. The summed E-state index contributed by atoms with van der Waals surface area (Å²) >= 11 is 0. The van der Waals surface area contributed by atoms with Crippen LogP contribution in [0.5, 0.6) is 0 Å². The Balaban J connectivity index is 2.32. The number of hydrogen-bond acceptors (Lipinski definition) is 1. The van der Waals surface area contributed by atoms with Gasteiger partial charge in [0.25, 0.3) is 0 Å². The smallest absolute Gasteiger partial charge is 0.219 e. The maximum absolute atomic E-state index is 11.1. The van der Waals surface area contributed by atoms with Crippen LogP contribution in [-0.2, 0) is 4.79 Å². The zero-order valence-electron chi connectivity index (χ0n) is 9.49. The van der Waals surface area contributed by atoms with Crippen LogP contribution in [0.4, 0.5) is 0 Å². The maximum atomic E-state index is 11.1. The molecule has 1 fully saturated rings. The van der Waals surface area contributed by atoms with E-state index in [0.717, 1.165) is 25.9 Å². The number of allylic oxidation sites excluding steroid dienone is 2. The second-order valence-electron chi connectivity index (χ2n) is 4.47. The van der Waals surface area contributed by atoms with Crippen molar-refractivity contribution in [2.45, 2.75) is 33.6 Å². The Kier molecular flexibility index (Phi) is 4.18. The molecule has 1 rings (SSSR count). The van der Waals surface area contributed by atoms with Crippen LogP contribution >= 0.6 is 0 Å². The van der Waals surface area contributed by atoms with E-state index in [1.807, 2.05) is 4.90 Å². The lowest BCUT2D eigenvalue weighted by atomic mass is 9.95. The molecule has 2 heteroatoms. The molecular formula is C12H21NO. The van der Waals surface area contributed by atoms with E-state index >= 15 is 0 Å². The van der Waals surface area contributed by atoms with E-state index in [9.17, 15) is 4.79 Å². The molecule has 0 N–H and O–H groups in total. The van der Waals surface area contributed by atoms with Crippen LogP contribution in [-0.4, -0.2) is 23.9 Å². The Morgan fingerprint density at radius 1 is 1.36 bits per heavy atom. The van der Waals surface area contributed by atoms with Crippen molar-refractivity contribution < 1.29 is 4.79 Å². The number of carbonyl (C=O) groups excluding carboxylic acids is 1. The number of likely N-dealkylation sites (tertiary alicyclic amines) is 1. The SMILES string of the molecule is CC(=O)N1CCC(/C=C\C(C)C)CC1. The van der Waals surface area contributed by atoms with Crippen LogP contribution in [0.25, 0.3) is 0 Å². The minimum atomic E-state index is 0.219. The van der Waals surface area contributed by atoms with Gasteiger partial charge in [-0.2, -0.15) is 0 Å². The monoisotopic (exact) mass is 195 g/mol. The molecule has 0 aromatic rings. The van der Waals surface area contributed by atoms with Gasteiger partial charge >= 0.3 is 0 Å². The molecule has 0 aromatic heterocycles. The van der Waals surface area contributed by atoms with Crippen molar-refractivity contribution in [1.82, 2.24) is 4.90 Å². The highest BCUT2D eigenvalue weighted by molar-refractivity contribution is 5.73. The van der Waals surface area contributed by atoms with Gasteiger partial charge in [0.1, 0.15) is 0 Å². The van der Waals surface area contributed by atoms with Crippen LogP contribution in [0.2, 0.25) is 0 Å². The third-order valence-corrected chi connectivity index (χ3v) is 2.75. The van der Waals surface area contributed by atoms with Crippen molar-refractivity contribution in [3.8, 4) is 0 Å². The number of carbonyl (C=O) groups is 1. The predicted molar refractivity (Wildman–Crippen MR) is 59.0 cm³/mol. The highest BCUT2D eigenvalue weighted by atomic mass is 16.2. The van der Waals surface area contributed by atoms with Crippen LogP contribution in [0.1, 0.15) is 33.6 Å². The Morgan fingerprint density at radius 2 is 1.93 bits per heavy atom. The van der Waals surface area contributed by atoms with E-state index in [0.29, 0.717) is 11.8 Å². The lowest BCUT2D eigenvalue weighted by molar-refractivity contribution is -0.129. The number of rotatable bonds is 2. The van der Waals surface area contributed by atoms with Gasteiger partial charge in [0.05, 0.1) is 0 Å². The summed E-state index contributed by atoms with van der Waals surface area (Å²) in [4.78, 5) is 13.0. The molecular weight excluding hydrogens is 174 g/mol. The van der Waals surface area contributed by atoms with Crippen molar-refractivity contribution in [2.75, 3.05) is 13.1 Å². The molecule has 0 aromatic carbocycles. The minimum Gasteiger partial charge on any atom is -0.343 e. The summed E-state index contributed by atoms with van der Waals surface area (Å²) in [7, 11) is 0. The number of amides is 1. The molecule has 1 heterocycles. The molecule has 0 unspecified atom stereocenters. The molecule has 0 atom stereocenters. The van der Waals surface area contributed by atoms with Crippen molar-refractivity contribution in [2.24, 2.45) is 11.8 Å². The first kappa shape index (κ1) is 11.3. The summed E-state index contributed by atoms with van der Waals surface area (Å²) in [6.45, 7) is 7.91. The van der Waals surface area contributed by atoms with Gasteiger partial charge in [-0.05, 0) is 24.7 Å². The van der Waals surface area contributed by atoms with Gasteiger partial charge in [-0.1, -0.05) is 26.0 Å². The van der Waals surface area contributed by atoms with E-state index in [4.69, 9.17) is 0 Å². The molecule has 14 heavy (non-hydrogen) atoms. The van der Waals surface area contributed by atoms with Crippen LogP contribution < -0.4 is 0 Å². The predicted octanol–water partition coefficient (Wildman–Crippen LogP) is 2.46. The topological polar surface area (TPSA) is 20.3 Å². The summed E-state index contributed by atoms with van der Waals surface area (Å²) in [5.41, 5.74) is 0. The van der Waals surface area contributed by atoms with Gasteiger partial charge in [0.2, 0.25) is 5.91 Å². The lowest BCUT2D eigenvalue weighted by Gasteiger charge is -2.29. The maximum Gasteiger partial charge on any atom is 0.219 e. The van der Waals surface area contributed by atoms with Crippen LogP contribution in [0, 0.1) is 11.8 Å². The zero-order valence-corrected chi connectivity index (χ0v) is 9.49. The lowest BCUT2D eigenvalue weighted by Crippen LogP contribution is -2.36. The first-order chi connectivity index (χ1) is 6.59. The fourth-order valence-electron chi connectivity index (χ4n) is 1.79. The van der Waals surface area contributed by atoms with Gasteiger partial charge in [0.15, 0.2) is 0 Å². The van der Waals surface area contributed by atoms with Crippen LogP contribution in [0.15, 0.2) is 12.2 Å². The van der Waals surface area contributed by atoms with E-state index in [1.54, 1.807) is 6.92 Å². The minimum absolute atomic E-state index is 0.219. The fraction of sp³-hybridized carbons (Fsp3) is 0.750. The van der Waals surface area contributed by atoms with E-state index < -0.39 is 0 Å². The Bertz CT molecular complexity index is 212. The van der Waals surface area contributed by atoms with E-state index in [-0.39, 0.29) is 5.91 Å². The molecule has 80 valence electrons. The molecule has 1 aliphatic heterocycles. The molecule has 0 saturated carbocycles. The number of hydrogen-bond donors (Lipinski definition) is 0. The third kappa shape index (κ3) is 3.52. The summed E-state index contributed by atoms with van der Waals surface area (Å²) in [5.74, 6) is 1.55. The first-order valence-electron chi connectivity index (χ1n) is 5.53. The third-order valence-electron chi connectivity index (χ3n) is 2.75. The second kappa shape index (κ2) is 5.18. The van der Waals surface area contributed by atoms with E-state index in [2.05, 4.69) is 26.0 Å². The Labute approximate surface area is 87.0 Å². The normalized spacial score (nSPS) is 19.6. The highest BCUT2D eigenvalue weighted by Gasteiger charge is 2.18. The molecule has 2 nitrogen and oxygen atoms in total. The van der Waals surface area contributed by atoms with E-state index in [1.165, 1.54) is 0 Å². The fourth-order valence-corrected chi connectivity index (χ4v) is 1.79. The van der Waals surface area contributed by atoms with Gasteiger partial charge in [-0.25, -0.2) is 0 Å². The molecule has 0 radical (unpaired) electrons. The summed E-state index contributed by atoms with van der Waals surface area (Å²) in [5, 5.41) is 0. The second-order valence-corrected chi connectivity index (χ2v) is 4.47. The number of piperidine rings is 1. The Morgan fingerprint density at radius 3 is 2.36 bits per heavy atom. The molecule has 1 amide bonds. The largest absolute Gasteiger partial charge is 0.343 e. The number of nitrogens with zero attached hydrogens (tertiary/aromatic N) is 1. The van der Waals surface area contributed by atoms with Crippen molar-refractivity contribution in [1.29, 1.82) is 0 Å². The first-order valence-corrected chi connectivity index (χ1v) is 5.53. The average Bonchev–Trinajstić information content (AvgIpc) is 2.15. The zero-order chi connectivity index (χ0) is 10.6. The molecule has 1 saturated heterocycles.